The molecule has 2 aliphatic rings. The van der Waals surface area contributed by atoms with E-state index in [1.54, 1.807) is 24.3 Å². The van der Waals surface area contributed by atoms with Gasteiger partial charge in [0.1, 0.15) is 11.6 Å². The third-order valence-corrected chi connectivity index (χ3v) is 6.76. The number of amides is 3. The van der Waals surface area contributed by atoms with Crippen LogP contribution in [0.5, 0.6) is 5.75 Å². The van der Waals surface area contributed by atoms with Crippen molar-refractivity contribution >= 4 is 23.5 Å². The van der Waals surface area contributed by atoms with Crippen LogP contribution in [0, 0.1) is 0 Å². The van der Waals surface area contributed by atoms with Crippen molar-refractivity contribution in [3.05, 3.63) is 71.5 Å². The van der Waals surface area contributed by atoms with Crippen molar-refractivity contribution < 1.29 is 19.1 Å². The molecule has 2 aliphatic heterocycles. The summed E-state index contributed by atoms with van der Waals surface area (Å²) in [6.07, 6.45) is 4.31. The van der Waals surface area contributed by atoms with Crippen molar-refractivity contribution in [2.75, 3.05) is 19.4 Å². The molecule has 0 aliphatic carbocycles. The second kappa shape index (κ2) is 8.83. The standard InChI is InChI=1S/C26H25N5O4/c1-35-19-9-6-17-14-31(24(33)20(17)11-19)15-26(10-2-3-23(32)30-25(26)34)18-7-4-16(5-8-18)21-12-29-22(27)13-28-21/h4-9,11-13H,2-3,10,14-15H2,1H3,(H2,27,29)(H,30,32,34)/t26-/m0/s1. The Morgan fingerprint density at radius 3 is 2.60 bits per heavy atom. The summed E-state index contributed by atoms with van der Waals surface area (Å²) in [6, 6.07) is 12.9. The van der Waals surface area contributed by atoms with E-state index in [1.807, 2.05) is 36.4 Å². The van der Waals surface area contributed by atoms with E-state index in [1.165, 1.54) is 6.20 Å². The molecule has 9 nitrogen and oxygen atoms in total. The average molecular weight is 472 g/mol. The quantitative estimate of drug-likeness (QED) is 0.547. The summed E-state index contributed by atoms with van der Waals surface area (Å²) in [4.78, 5) is 49.0. The summed E-state index contributed by atoms with van der Waals surface area (Å²) < 4.78 is 5.27. The molecule has 9 heteroatoms. The molecular formula is C26H25N5O4. The van der Waals surface area contributed by atoms with Gasteiger partial charge in [-0.05, 0) is 36.1 Å². The van der Waals surface area contributed by atoms with E-state index in [0.29, 0.717) is 42.2 Å². The summed E-state index contributed by atoms with van der Waals surface area (Å²) in [5.41, 5.74) is 8.23. The molecule has 0 saturated carbocycles. The van der Waals surface area contributed by atoms with Crippen LogP contribution in [0.25, 0.3) is 11.3 Å². The predicted molar refractivity (Wildman–Crippen MR) is 128 cm³/mol. The van der Waals surface area contributed by atoms with E-state index in [-0.39, 0.29) is 30.7 Å². The van der Waals surface area contributed by atoms with Crippen molar-refractivity contribution in [3.63, 3.8) is 0 Å². The zero-order valence-corrected chi connectivity index (χ0v) is 19.3. The first-order valence-corrected chi connectivity index (χ1v) is 11.4. The fraction of sp³-hybridized carbons (Fsp3) is 0.269. The lowest BCUT2D eigenvalue weighted by molar-refractivity contribution is -0.133. The number of nitrogens with two attached hydrogens (primary N) is 1. The first kappa shape index (κ1) is 22.5. The summed E-state index contributed by atoms with van der Waals surface area (Å²) in [6.45, 7) is 0.545. The van der Waals surface area contributed by atoms with E-state index in [4.69, 9.17) is 10.5 Å². The van der Waals surface area contributed by atoms with Crippen molar-refractivity contribution in [2.24, 2.45) is 0 Å². The number of ether oxygens (including phenoxy) is 1. The van der Waals surface area contributed by atoms with Crippen LogP contribution in [0.4, 0.5) is 5.82 Å². The molecule has 178 valence electrons. The van der Waals surface area contributed by atoms with Gasteiger partial charge in [0.2, 0.25) is 11.8 Å². The maximum absolute atomic E-state index is 13.5. The van der Waals surface area contributed by atoms with E-state index >= 15 is 0 Å². The number of rotatable bonds is 5. The SMILES string of the molecule is COc1ccc2c(c1)C(=O)N(C[C@]1(c3ccc(-c4cnc(N)cn4)cc3)CCCC(=O)NC1=O)C2. The molecule has 3 amide bonds. The Hall–Kier alpha value is -4.27. The van der Waals surface area contributed by atoms with Gasteiger partial charge >= 0.3 is 0 Å². The molecule has 0 unspecified atom stereocenters. The van der Waals surface area contributed by atoms with Crippen LogP contribution in [0.1, 0.15) is 40.7 Å². The molecular weight excluding hydrogens is 446 g/mol. The number of imide groups is 1. The Morgan fingerprint density at radius 1 is 1.09 bits per heavy atom. The molecule has 3 heterocycles. The maximum Gasteiger partial charge on any atom is 0.254 e. The molecule has 1 atom stereocenters. The van der Waals surface area contributed by atoms with Gasteiger partial charge in [-0.15, -0.1) is 0 Å². The van der Waals surface area contributed by atoms with Gasteiger partial charge in [0, 0.05) is 30.6 Å². The van der Waals surface area contributed by atoms with Gasteiger partial charge < -0.3 is 15.4 Å². The highest BCUT2D eigenvalue weighted by Crippen LogP contribution is 2.37. The number of carbonyl (C=O) groups excluding carboxylic acids is 3. The van der Waals surface area contributed by atoms with Crippen LogP contribution >= 0.6 is 0 Å². The van der Waals surface area contributed by atoms with E-state index in [0.717, 1.165) is 16.7 Å². The van der Waals surface area contributed by atoms with Crippen molar-refractivity contribution in [1.82, 2.24) is 20.2 Å². The first-order valence-electron chi connectivity index (χ1n) is 11.4. The lowest BCUT2D eigenvalue weighted by atomic mass is 9.75. The molecule has 35 heavy (non-hydrogen) atoms. The van der Waals surface area contributed by atoms with Gasteiger partial charge in [0.15, 0.2) is 0 Å². The van der Waals surface area contributed by atoms with Crippen LogP contribution in [-0.4, -0.2) is 46.2 Å². The fourth-order valence-corrected chi connectivity index (χ4v) is 4.86. The molecule has 2 aromatic carbocycles. The highest BCUT2D eigenvalue weighted by atomic mass is 16.5. The smallest absolute Gasteiger partial charge is 0.254 e. The Kier molecular flexibility index (Phi) is 5.68. The minimum atomic E-state index is -1.07. The molecule has 1 aromatic heterocycles. The summed E-state index contributed by atoms with van der Waals surface area (Å²) >= 11 is 0. The number of anilines is 1. The molecule has 1 saturated heterocycles. The highest BCUT2D eigenvalue weighted by Gasteiger charge is 2.46. The van der Waals surface area contributed by atoms with Gasteiger partial charge in [0.25, 0.3) is 5.91 Å². The van der Waals surface area contributed by atoms with Gasteiger partial charge in [-0.1, -0.05) is 30.3 Å². The third kappa shape index (κ3) is 4.09. The average Bonchev–Trinajstić information content (AvgIpc) is 3.09. The van der Waals surface area contributed by atoms with Gasteiger partial charge in [0.05, 0.1) is 30.6 Å². The van der Waals surface area contributed by atoms with E-state index in [9.17, 15) is 14.4 Å². The predicted octanol–water partition coefficient (Wildman–Crippen LogP) is 2.45. The summed E-state index contributed by atoms with van der Waals surface area (Å²) in [5.74, 6) is 0.0917. The molecule has 3 N–H and O–H groups in total. The number of methoxy groups -OCH3 is 1. The minimum Gasteiger partial charge on any atom is -0.497 e. The molecule has 0 spiro atoms. The molecule has 5 rings (SSSR count). The number of carbonyl (C=O) groups is 3. The Labute approximate surface area is 202 Å². The number of hydrogen-bond donors (Lipinski definition) is 2. The molecule has 1 fully saturated rings. The Morgan fingerprint density at radius 2 is 1.89 bits per heavy atom. The number of nitrogens with one attached hydrogen (secondary N) is 1. The Balaban J connectivity index is 1.50. The number of benzene rings is 2. The van der Waals surface area contributed by atoms with Crippen LogP contribution in [0.3, 0.4) is 0 Å². The second-order valence-corrected chi connectivity index (χ2v) is 8.90. The third-order valence-electron chi connectivity index (χ3n) is 6.76. The highest BCUT2D eigenvalue weighted by molar-refractivity contribution is 6.03. The number of nitrogen functional groups attached to an aromatic ring is 1. The van der Waals surface area contributed by atoms with Crippen LogP contribution in [0.15, 0.2) is 54.9 Å². The van der Waals surface area contributed by atoms with Gasteiger partial charge in [-0.25, -0.2) is 4.98 Å². The number of fused-ring (bicyclic) bond motifs is 1. The lowest BCUT2D eigenvalue weighted by Gasteiger charge is -2.35. The van der Waals surface area contributed by atoms with E-state index < -0.39 is 5.41 Å². The number of nitrogens with zero attached hydrogens (tertiary/aromatic N) is 3. The van der Waals surface area contributed by atoms with Gasteiger partial charge in [-0.3, -0.25) is 24.7 Å². The van der Waals surface area contributed by atoms with E-state index in [2.05, 4.69) is 15.3 Å². The normalized spacial score (nSPS) is 19.8. The van der Waals surface area contributed by atoms with Crippen molar-refractivity contribution in [2.45, 2.75) is 31.2 Å². The fourth-order valence-electron chi connectivity index (χ4n) is 4.86. The summed E-state index contributed by atoms with van der Waals surface area (Å²) in [5, 5.41) is 2.54. The zero-order chi connectivity index (χ0) is 24.6. The van der Waals surface area contributed by atoms with Crippen LogP contribution < -0.4 is 15.8 Å². The second-order valence-electron chi connectivity index (χ2n) is 8.90. The molecule has 3 aromatic rings. The largest absolute Gasteiger partial charge is 0.497 e. The zero-order valence-electron chi connectivity index (χ0n) is 19.3. The van der Waals surface area contributed by atoms with Crippen LogP contribution in [-0.2, 0) is 21.5 Å². The topological polar surface area (TPSA) is 128 Å². The number of hydrogen-bond acceptors (Lipinski definition) is 7. The molecule has 0 radical (unpaired) electrons. The molecule has 0 bridgehead atoms. The number of aromatic nitrogens is 2. The lowest BCUT2D eigenvalue weighted by Crippen LogP contribution is -2.51. The maximum atomic E-state index is 13.5. The van der Waals surface area contributed by atoms with Crippen LogP contribution in [0.2, 0.25) is 0 Å². The first-order chi connectivity index (χ1) is 16.9. The van der Waals surface area contributed by atoms with Gasteiger partial charge in [-0.2, -0.15) is 0 Å². The monoisotopic (exact) mass is 471 g/mol. The van der Waals surface area contributed by atoms with Crippen molar-refractivity contribution in [1.29, 1.82) is 0 Å². The van der Waals surface area contributed by atoms with Crippen molar-refractivity contribution in [3.8, 4) is 17.0 Å². The Bertz CT molecular complexity index is 1310. The minimum absolute atomic E-state index is 0.156. The summed E-state index contributed by atoms with van der Waals surface area (Å²) in [7, 11) is 1.56.